The molecule has 2 fully saturated rings. The lowest BCUT2D eigenvalue weighted by molar-refractivity contribution is -0.130. The van der Waals surface area contributed by atoms with Crippen LogP contribution in [0.5, 0.6) is 0 Å². The van der Waals surface area contributed by atoms with E-state index in [1.54, 1.807) is 12.4 Å². The van der Waals surface area contributed by atoms with Gasteiger partial charge in [-0.15, -0.1) is 0 Å². The van der Waals surface area contributed by atoms with Crippen molar-refractivity contribution >= 4 is 5.78 Å². The Morgan fingerprint density at radius 2 is 2.29 bits per heavy atom. The highest BCUT2D eigenvalue weighted by Gasteiger charge is 2.43. The first kappa shape index (κ1) is 13.8. The number of ketones is 1. The number of aromatic nitrogens is 1. The van der Waals surface area contributed by atoms with Crippen molar-refractivity contribution in [3.05, 3.63) is 52.7 Å². The summed E-state index contributed by atoms with van der Waals surface area (Å²) in [5, 5.41) is 3.93. The van der Waals surface area contributed by atoms with E-state index in [2.05, 4.69) is 21.6 Å². The highest BCUT2D eigenvalue weighted by molar-refractivity contribution is 5.83. The smallest absolute Gasteiger partial charge is 0.137 e. The average molecular weight is 282 g/mol. The summed E-state index contributed by atoms with van der Waals surface area (Å²) in [5.74, 6) is 0.664. The molecule has 2 bridgehead atoms. The van der Waals surface area contributed by atoms with E-state index in [0.29, 0.717) is 12.3 Å². The SMILES string of the molecule is C=C1CC2C[C@@H](C1)CC(=O)[C@H]2[C@@H](N=[N+]=[N-])c1cccnc1. The molecule has 0 saturated heterocycles. The van der Waals surface area contributed by atoms with Gasteiger partial charge >= 0.3 is 0 Å². The van der Waals surface area contributed by atoms with Gasteiger partial charge in [-0.3, -0.25) is 9.78 Å². The summed E-state index contributed by atoms with van der Waals surface area (Å²) in [6, 6.07) is 3.24. The molecule has 5 heteroatoms. The zero-order valence-electron chi connectivity index (χ0n) is 11.9. The number of carbonyl (C=O) groups excluding carboxylic acids is 1. The van der Waals surface area contributed by atoms with Gasteiger partial charge in [0.1, 0.15) is 5.78 Å². The molecule has 0 N–H and O–H groups in total. The molecule has 3 rings (SSSR count). The largest absolute Gasteiger partial charge is 0.299 e. The minimum atomic E-state index is -0.451. The van der Waals surface area contributed by atoms with Crippen molar-refractivity contribution in [3.63, 3.8) is 0 Å². The van der Waals surface area contributed by atoms with Crippen LogP contribution < -0.4 is 0 Å². The van der Waals surface area contributed by atoms with Crippen LogP contribution in [0.3, 0.4) is 0 Å². The molecule has 0 aromatic carbocycles. The number of carbonyl (C=O) groups is 1. The molecule has 4 atom stereocenters. The Balaban J connectivity index is 1.96. The number of rotatable bonds is 3. The van der Waals surface area contributed by atoms with E-state index in [0.717, 1.165) is 24.8 Å². The van der Waals surface area contributed by atoms with Crippen molar-refractivity contribution < 1.29 is 4.79 Å². The number of Topliss-reactive ketones (excluding diaryl/α,β-unsaturated/α-hetero) is 1. The van der Waals surface area contributed by atoms with E-state index >= 15 is 0 Å². The number of hydrogen-bond donors (Lipinski definition) is 0. The Bertz CT molecular complexity index is 606. The number of nitrogens with zero attached hydrogens (tertiary/aromatic N) is 4. The third kappa shape index (κ3) is 2.69. The van der Waals surface area contributed by atoms with Gasteiger partial charge in [0, 0.05) is 29.6 Å². The van der Waals surface area contributed by atoms with Gasteiger partial charge in [0.05, 0.1) is 6.04 Å². The number of fused-ring (bicyclic) bond motifs is 2. The summed E-state index contributed by atoms with van der Waals surface area (Å²) in [5.41, 5.74) is 10.9. The second kappa shape index (κ2) is 5.70. The molecule has 2 saturated carbocycles. The van der Waals surface area contributed by atoms with E-state index in [4.69, 9.17) is 5.53 Å². The maximum Gasteiger partial charge on any atom is 0.137 e. The molecule has 2 aliphatic rings. The van der Waals surface area contributed by atoms with Gasteiger partial charge in [-0.05, 0) is 48.3 Å². The quantitative estimate of drug-likeness (QED) is 0.363. The summed E-state index contributed by atoms with van der Waals surface area (Å²) in [6.45, 7) is 4.11. The molecule has 0 radical (unpaired) electrons. The van der Waals surface area contributed by atoms with Crippen LogP contribution in [0.1, 0.15) is 37.3 Å². The standard InChI is InChI=1S/C16H18N4O/c1-10-5-11-7-13(6-10)15(14(21)8-11)16(19-20-17)12-3-2-4-18-9-12/h2-4,9,11,13,15-16H,1,5-8H2/t11-,13?,15+,16+/m1/s1. The third-order valence-corrected chi connectivity index (χ3v) is 4.68. The van der Waals surface area contributed by atoms with Gasteiger partial charge in [-0.1, -0.05) is 23.3 Å². The molecule has 5 nitrogen and oxygen atoms in total. The second-order valence-electron chi connectivity index (χ2n) is 6.15. The number of allylic oxidation sites excluding steroid dienone is 1. The first-order chi connectivity index (χ1) is 10.2. The second-order valence-corrected chi connectivity index (χ2v) is 6.15. The maximum absolute atomic E-state index is 12.6. The van der Waals surface area contributed by atoms with E-state index in [-0.39, 0.29) is 17.6 Å². The lowest BCUT2D eigenvalue weighted by Crippen LogP contribution is -2.39. The molecule has 2 aliphatic carbocycles. The van der Waals surface area contributed by atoms with Gasteiger partial charge < -0.3 is 0 Å². The van der Waals surface area contributed by atoms with Gasteiger partial charge in [0.25, 0.3) is 0 Å². The first-order valence-electron chi connectivity index (χ1n) is 7.32. The van der Waals surface area contributed by atoms with E-state index in [1.807, 2.05) is 12.1 Å². The van der Waals surface area contributed by atoms with Gasteiger partial charge in [0.15, 0.2) is 0 Å². The highest BCUT2D eigenvalue weighted by atomic mass is 16.1. The molecular weight excluding hydrogens is 264 g/mol. The van der Waals surface area contributed by atoms with Crippen LogP contribution in [0.4, 0.5) is 0 Å². The maximum atomic E-state index is 12.6. The Hall–Kier alpha value is -2.13. The minimum absolute atomic E-state index is 0.227. The molecule has 0 amide bonds. The van der Waals surface area contributed by atoms with E-state index in [9.17, 15) is 4.79 Å². The fraction of sp³-hybridized carbons (Fsp3) is 0.500. The summed E-state index contributed by atoms with van der Waals surface area (Å²) < 4.78 is 0. The fourth-order valence-corrected chi connectivity index (χ4v) is 3.96. The minimum Gasteiger partial charge on any atom is -0.299 e. The van der Waals surface area contributed by atoms with E-state index in [1.165, 1.54) is 5.57 Å². The molecule has 1 unspecified atom stereocenters. The van der Waals surface area contributed by atoms with Gasteiger partial charge in [0.2, 0.25) is 0 Å². The Kier molecular flexibility index (Phi) is 3.76. The van der Waals surface area contributed by atoms with Crippen molar-refractivity contribution in [2.75, 3.05) is 0 Å². The van der Waals surface area contributed by atoms with Crippen molar-refractivity contribution in [3.8, 4) is 0 Å². The molecule has 1 aromatic rings. The van der Waals surface area contributed by atoms with Crippen LogP contribution in [0, 0.1) is 17.8 Å². The number of hydrogen-bond acceptors (Lipinski definition) is 3. The molecule has 0 aliphatic heterocycles. The Labute approximate surface area is 123 Å². The zero-order valence-corrected chi connectivity index (χ0v) is 11.9. The van der Waals surface area contributed by atoms with Crippen LogP contribution >= 0.6 is 0 Å². The predicted molar refractivity (Wildman–Crippen MR) is 79.2 cm³/mol. The highest BCUT2D eigenvalue weighted by Crippen LogP contribution is 2.48. The van der Waals surface area contributed by atoms with Crippen LogP contribution in [0.15, 0.2) is 41.8 Å². The van der Waals surface area contributed by atoms with Crippen molar-refractivity contribution in [1.82, 2.24) is 4.98 Å². The predicted octanol–water partition coefficient (Wildman–Crippen LogP) is 3.99. The van der Waals surface area contributed by atoms with Crippen molar-refractivity contribution in [2.24, 2.45) is 22.9 Å². The average Bonchev–Trinajstić information content (AvgIpc) is 2.46. The first-order valence-corrected chi connectivity index (χ1v) is 7.32. The molecule has 108 valence electrons. The Morgan fingerprint density at radius 1 is 1.43 bits per heavy atom. The zero-order chi connectivity index (χ0) is 14.8. The molecule has 1 heterocycles. The van der Waals surface area contributed by atoms with Crippen molar-refractivity contribution in [2.45, 2.75) is 31.7 Å². The molecular formula is C16H18N4O. The molecule has 21 heavy (non-hydrogen) atoms. The van der Waals surface area contributed by atoms with Crippen LogP contribution in [0.2, 0.25) is 0 Å². The number of azide groups is 1. The molecule has 1 aromatic heterocycles. The summed E-state index contributed by atoms with van der Waals surface area (Å²) >= 11 is 0. The fourth-order valence-electron chi connectivity index (χ4n) is 3.96. The Morgan fingerprint density at radius 3 is 3.00 bits per heavy atom. The lowest BCUT2D eigenvalue weighted by Gasteiger charge is -2.42. The topological polar surface area (TPSA) is 78.7 Å². The van der Waals surface area contributed by atoms with Crippen LogP contribution in [0.25, 0.3) is 10.4 Å². The molecule has 0 spiro atoms. The summed E-state index contributed by atoms with van der Waals surface area (Å²) in [6.07, 6.45) is 6.82. The third-order valence-electron chi connectivity index (χ3n) is 4.68. The van der Waals surface area contributed by atoms with Crippen LogP contribution in [-0.4, -0.2) is 10.8 Å². The monoisotopic (exact) mass is 282 g/mol. The van der Waals surface area contributed by atoms with Crippen LogP contribution in [-0.2, 0) is 4.79 Å². The summed E-state index contributed by atoms with van der Waals surface area (Å²) in [7, 11) is 0. The number of pyridine rings is 1. The van der Waals surface area contributed by atoms with E-state index < -0.39 is 6.04 Å². The lowest BCUT2D eigenvalue weighted by atomic mass is 9.62. The van der Waals surface area contributed by atoms with Gasteiger partial charge in [-0.2, -0.15) is 0 Å². The summed E-state index contributed by atoms with van der Waals surface area (Å²) in [4.78, 5) is 19.6. The van der Waals surface area contributed by atoms with Crippen molar-refractivity contribution in [1.29, 1.82) is 0 Å². The van der Waals surface area contributed by atoms with Gasteiger partial charge in [-0.25, -0.2) is 0 Å². The normalized spacial score (nSPS) is 29.6.